The van der Waals surface area contributed by atoms with E-state index in [2.05, 4.69) is 27.3 Å². The molecule has 0 aromatic heterocycles. The van der Waals surface area contributed by atoms with E-state index >= 15 is 0 Å². The molecule has 0 spiro atoms. The molecule has 1 fully saturated rings. The van der Waals surface area contributed by atoms with E-state index in [1.54, 1.807) is 37.4 Å². The number of aliphatic imine (C=N–C) groups is 1. The van der Waals surface area contributed by atoms with Crippen LogP contribution in [0.3, 0.4) is 0 Å². The summed E-state index contributed by atoms with van der Waals surface area (Å²) in [6, 6.07) is 8.84. The first-order valence-electron chi connectivity index (χ1n) is 8.53. The quantitative estimate of drug-likeness (QED) is 0.413. The van der Waals surface area contributed by atoms with E-state index in [1.807, 2.05) is 0 Å². The third kappa shape index (κ3) is 5.79. The zero-order valence-corrected chi connectivity index (χ0v) is 15.3. The monoisotopic (exact) mass is 352 g/mol. The van der Waals surface area contributed by atoms with Crippen molar-refractivity contribution in [1.29, 1.82) is 0 Å². The van der Waals surface area contributed by atoms with Crippen molar-refractivity contribution in [2.24, 2.45) is 10.9 Å². The van der Waals surface area contributed by atoms with Crippen molar-refractivity contribution >= 4 is 16.0 Å². The second-order valence-electron chi connectivity index (χ2n) is 6.31. The molecule has 1 saturated carbocycles. The standard InChI is InChI=1S/C17H28N4O2S/c1-14-8-10-15(11-9-14)21-17(18-2)19-12-13-20-24(22,23)16-6-4-3-5-7-16/h3-7,14-15,20H,8-13H2,1-2H3,(H2,18,19,21). The lowest BCUT2D eigenvalue weighted by atomic mass is 9.87. The van der Waals surface area contributed by atoms with Crippen molar-refractivity contribution in [3.8, 4) is 0 Å². The molecule has 0 saturated heterocycles. The SMILES string of the molecule is CN=C(NCCNS(=O)(=O)c1ccccc1)NC1CCC(C)CC1. The van der Waals surface area contributed by atoms with Gasteiger partial charge in [-0.05, 0) is 43.7 Å². The smallest absolute Gasteiger partial charge is 0.240 e. The van der Waals surface area contributed by atoms with Crippen LogP contribution in [-0.2, 0) is 10.0 Å². The normalized spacial score (nSPS) is 22.2. The van der Waals surface area contributed by atoms with Gasteiger partial charge in [0.2, 0.25) is 10.0 Å². The van der Waals surface area contributed by atoms with Gasteiger partial charge in [-0.2, -0.15) is 0 Å². The van der Waals surface area contributed by atoms with Crippen LogP contribution >= 0.6 is 0 Å². The minimum Gasteiger partial charge on any atom is -0.355 e. The van der Waals surface area contributed by atoms with E-state index in [-0.39, 0.29) is 4.90 Å². The average Bonchev–Trinajstić information content (AvgIpc) is 2.60. The van der Waals surface area contributed by atoms with Gasteiger partial charge >= 0.3 is 0 Å². The lowest BCUT2D eigenvalue weighted by molar-refractivity contribution is 0.329. The predicted molar refractivity (Wildman–Crippen MR) is 97.5 cm³/mol. The molecular formula is C17H28N4O2S. The summed E-state index contributed by atoms with van der Waals surface area (Å²) >= 11 is 0. The van der Waals surface area contributed by atoms with Gasteiger partial charge < -0.3 is 10.6 Å². The van der Waals surface area contributed by atoms with E-state index in [0.29, 0.717) is 19.1 Å². The van der Waals surface area contributed by atoms with Gasteiger partial charge in [-0.1, -0.05) is 25.1 Å². The second kappa shape index (κ2) is 9.03. The van der Waals surface area contributed by atoms with Crippen molar-refractivity contribution in [1.82, 2.24) is 15.4 Å². The average molecular weight is 353 g/mol. The molecule has 0 heterocycles. The molecule has 0 aliphatic heterocycles. The van der Waals surface area contributed by atoms with Crippen molar-refractivity contribution in [3.05, 3.63) is 30.3 Å². The highest BCUT2D eigenvalue weighted by atomic mass is 32.2. The third-order valence-electron chi connectivity index (χ3n) is 4.34. The molecule has 1 aliphatic rings. The molecule has 24 heavy (non-hydrogen) atoms. The highest BCUT2D eigenvalue weighted by Gasteiger charge is 2.19. The largest absolute Gasteiger partial charge is 0.355 e. The van der Waals surface area contributed by atoms with E-state index < -0.39 is 10.0 Å². The molecule has 6 nitrogen and oxygen atoms in total. The Morgan fingerprint density at radius 2 is 1.79 bits per heavy atom. The van der Waals surface area contributed by atoms with Gasteiger partial charge in [0.05, 0.1) is 4.90 Å². The van der Waals surface area contributed by atoms with Crippen LogP contribution in [0.4, 0.5) is 0 Å². The molecule has 134 valence electrons. The van der Waals surface area contributed by atoms with Gasteiger partial charge in [0.1, 0.15) is 0 Å². The summed E-state index contributed by atoms with van der Waals surface area (Å²) in [6.45, 7) is 3.08. The summed E-state index contributed by atoms with van der Waals surface area (Å²) in [5.41, 5.74) is 0. The number of rotatable bonds is 6. The first-order valence-corrected chi connectivity index (χ1v) is 10.0. The van der Waals surface area contributed by atoms with Crippen LogP contribution in [-0.4, -0.2) is 40.6 Å². The Morgan fingerprint density at radius 3 is 2.42 bits per heavy atom. The van der Waals surface area contributed by atoms with Gasteiger partial charge in [0.15, 0.2) is 5.96 Å². The fraction of sp³-hybridized carbons (Fsp3) is 0.588. The van der Waals surface area contributed by atoms with Crippen LogP contribution in [0, 0.1) is 5.92 Å². The summed E-state index contributed by atoms with van der Waals surface area (Å²) in [5.74, 6) is 1.54. The maximum atomic E-state index is 12.1. The Morgan fingerprint density at radius 1 is 1.12 bits per heavy atom. The van der Waals surface area contributed by atoms with Crippen LogP contribution < -0.4 is 15.4 Å². The van der Waals surface area contributed by atoms with Gasteiger partial charge in [-0.25, -0.2) is 13.1 Å². The Balaban J connectivity index is 1.72. The molecule has 0 atom stereocenters. The highest BCUT2D eigenvalue weighted by Crippen LogP contribution is 2.23. The highest BCUT2D eigenvalue weighted by molar-refractivity contribution is 7.89. The minimum absolute atomic E-state index is 0.281. The maximum absolute atomic E-state index is 12.1. The number of nitrogens with zero attached hydrogens (tertiary/aromatic N) is 1. The number of sulfonamides is 1. The van der Waals surface area contributed by atoms with Gasteiger partial charge in [0.25, 0.3) is 0 Å². The minimum atomic E-state index is -3.45. The van der Waals surface area contributed by atoms with Crippen LogP contribution in [0.1, 0.15) is 32.6 Å². The molecular weight excluding hydrogens is 324 g/mol. The summed E-state index contributed by atoms with van der Waals surface area (Å²) < 4.78 is 26.8. The zero-order valence-electron chi connectivity index (χ0n) is 14.5. The van der Waals surface area contributed by atoms with Crippen LogP contribution in [0.5, 0.6) is 0 Å². The molecule has 3 N–H and O–H groups in total. The molecule has 0 radical (unpaired) electrons. The van der Waals surface area contributed by atoms with Crippen molar-refractivity contribution in [2.75, 3.05) is 20.1 Å². The molecule has 2 rings (SSSR count). The molecule has 1 aromatic rings. The predicted octanol–water partition coefficient (Wildman–Crippen LogP) is 1.71. The number of guanidine groups is 1. The summed E-state index contributed by atoms with van der Waals surface area (Å²) in [6.07, 6.45) is 4.79. The molecule has 0 amide bonds. The first-order chi connectivity index (χ1) is 11.5. The van der Waals surface area contributed by atoms with Crippen molar-refractivity contribution < 1.29 is 8.42 Å². The Hall–Kier alpha value is -1.60. The van der Waals surface area contributed by atoms with Crippen LogP contribution in [0.15, 0.2) is 40.2 Å². The van der Waals surface area contributed by atoms with Crippen LogP contribution in [0.25, 0.3) is 0 Å². The van der Waals surface area contributed by atoms with E-state index in [1.165, 1.54) is 12.8 Å². The molecule has 1 aromatic carbocycles. The molecule has 0 unspecified atom stereocenters. The maximum Gasteiger partial charge on any atom is 0.240 e. The van der Waals surface area contributed by atoms with E-state index in [9.17, 15) is 8.42 Å². The fourth-order valence-electron chi connectivity index (χ4n) is 2.84. The Bertz CT molecular complexity index is 623. The first kappa shape index (κ1) is 18.7. The van der Waals surface area contributed by atoms with Crippen LogP contribution in [0.2, 0.25) is 0 Å². The number of nitrogens with one attached hydrogen (secondary N) is 3. The van der Waals surface area contributed by atoms with Gasteiger partial charge in [-0.15, -0.1) is 0 Å². The summed E-state index contributed by atoms with van der Waals surface area (Å²) in [4.78, 5) is 4.49. The van der Waals surface area contributed by atoms with Gasteiger partial charge in [-0.3, -0.25) is 4.99 Å². The zero-order chi connectivity index (χ0) is 17.4. The lowest BCUT2D eigenvalue weighted by Gasteiger charge is -2.28. The second-order valence-corrected chi connectivity index (χ2v) is 8.08. The topological polar surface area (TPSA) is 82.6 Å². The van der Waals surface area contributed by atoms with E-state index in [0.717, 1.165) is 24.7 Å². The summed E-state index contributed by atoms with van der Waals surface area (Å²) in [5, 5.41) is 6.58. The molecule has 7 heteroatoms. The fourth-order valence-corrected chi connectivity index (χ4v) is 3.89. The van der Waals surface area contributed by atoms with Crippen molar-refractivity contribution in [2.45, 2.75) is 43.5 Å². The third-order valence-corrected chi connectivity index (χ3v) is 5.82. The number of hydrogen-bond acceptors (Lipinski definition) is 3. The number of hydrogen-bond donors (Lipinski definition) is 3. The van der Waals surface area contributed by atoms with E-state index in [4.69, 9.17) is 0 Å². The number of benzene rings is 1. The van der Waals surface area contributed by atoms with Gasteiger partial charge in [0, 0.05) is 26.2 Å². The lowest BCUT2D eigenvalue weighted by Crippen LogP contribution is -2.46. The van der Waals surface area contributed by atoms with Crippen molar-refractivity contribution in [3.63, 3.8) is 0 Å². The Kier molecular flexibility index (Phi) is 7.05. The summed E-state index contributed by atoms with van der Waals surface area (Å²) in [7, 11) is -1.72. The molecule has 0 bridgehead atoms. The molecule has 1 aliphatic carbocycles. The Labute approximate surface area is 145 Å².